The number of nitrogens with zero attached hydrogens (tertiary/aromatic N) is 2. The van der Waals surface area contributed by atoms with Crippen LogP contribution in [0.5, 0.6) is 0 Å². The van der Waals surface area contributed by atoms with E-state index in [1.54, 1.807) is 0 Å². The van der Waals surface area contributed by atoms with Crippen molar-refractivity contribution in [3.05, 3.63) is 0 Å². The predicted octanol–water partition coefficient (Wildman–Crippen LogP) is 1.15. The molecule has 0 radical (unpaired) electrons. The van der Waals surface area contributed by atoms with Gasteiger partial charge in [-0.05, 0) is 38.8 Å². The minimum atomic E-state index is 0.753. The van der Waals surface area contributed by atoms with E-state index in [2.05, 4.69) is 29.0 Å². The van der Waals surface area contributed by atoms with Crippen molar-refractivity contribution in [2.45, 2.75) is 51.2 Å². The summed E-state index contributed by atoms with van der Waals surface area (Å²) in [6.45, 7) is 11.2. The van der Waals surface area contributed by atoms with Crippen LogP contribution < -0.4 is 5.32 Å². The van der Waals surface area contributed by atoms with Crippen LogP contribution in [0, 0.1) is 5.92 Å². The van der Waals surface area contributed by atoms with Crippen molar-refractivity contribution in [1.29, 1.82) is 0 Å². The van der Waals surface area contributed by atoms with E-state index in [4.69, 9.17) is 0 Å². The molecular weight excluding hydrogens is 210 g/mol. The highest BCUT2D eigenvalue weighted by molar-refractivity contribution is 4.97. The van der Waals surface area contributed by atoms with Crippen LogP contribution in [0.4, 0.5) is 0 Å². The van der Waals surface area contributed by atoms with Crippen molar-refractivity contribution in [3.63, 3.8) is 0 Å². The quantitative estimate of drug-likeness (QED) is 0.777. The highest BCUT2D eigenvalue weighted by Crippen LogP contribution is 2.29. The molecule has 3 saturated heterocycles. The first-order valence-electron chi connectivity index (χ1n) is 7.50. The second-order valence-corrected chi connectivity index (χ2v) is 6.23. The largest absolute Gasteiger partial charge is 0.315 e. The van der Waals surface area contributed by atoms with Crippen molar-refractivity contribution in [2.24, 2.45) is 5.92 Å². The summed E-state index contributed by atoms with van der Waals surface area (Å²) in [7, 11) is 0. The normalized spacial score (nSPS) is 44.1. The van der Waals surface area contributed by atoms with Crippen molar-refractivity contribution in [3.8, 4) is 0 Å². The highest BCUT2D eigenvalue weighted by atomic mass is 15.3. The Labute approximate surface area is 106 Å². The average Bonchev–Trinajstić information content (AvgIpc) is 2.94. The maximum atomic E-state index is 3.60. The van der Waals surface area contributed by atoms with Gasteiger partial charge in [0.1, 0.15) is 0 Å². The lowest BCUT2D eigenvalue weighted by atomic mass is 9.95. The van der Waals surface area contributed by atoms with E-state index in [-0.39, 0.29) is 0 Å². The third-order valence-electron chi connectivity index (χ3n) is 5.24. The van der Waals surface area contributed by atoms with Crippen LogP contribution in [0.2, 0.25) is 0 Å². The van der Waals surface area contributed by atoms with Crippen molar-refractivity contribution >= 4 is 0 Å². The predicted molar refractivity (Wildman–Crippen MR) is 71.2 cm³/mol. The number of nitrogens with one attached hydrogen (secondary N) is 1. The highest BCUT2D eigenvalue weighted by Gasteiger charge is 2.40. The number of fused-ring (bicyclic) bond motifs is 1. The molecule has 3 nitrogen and oxygen atoms in total. The molecule has 0 aromatic rings. The molecule has 0 aromatic carbocycles. The van der Waals surface area contributed by atoms with E-state index in [1.165, 1.54) is 52.0 Å². The molecule has 17 heavy (non-hydrogen) atoms. The number of hydrogen-bond acceptors (Lipinski definition) is 3. The van der Waals surface area contributed by atoms with Gasteiger partial charge in [-0.3, -0.25) is 9.80 Å². The second kappa shape index (κ2) is 4.87. The maximum Gasteiger partial charge on any atom is 0.0264 e. The first-order chi connectivity index (χ1) is 8.29. The third kappa shape index (κ3) is 2.13. The van der Waals surface area contributed by atoms with Gasteiger partial charge < -0.3 is 5.32 Å². The van der Waals surface area contributed by atoms with Crippen LogP contribution in [-0.2, 0) is 0 Å². The molecule has 3 aliphatic heterocycles. The van der Waals surface area contributed by atoms with E-state index < -0.39 is 0 Å². The lowest BCUT2D eigenvalue weighted by Gasteiger charge is -2.46. The van der Waals surface area contributed by atoms with Crippen LogP contribution in [0.1, 0.15) is 33.1 Å². The van der Waals surface area contributed by atoms with Crippen molar-refractivity contribution < 1.29 is 0 Å². The van der Waals surface area contributed by atoms with Crippen LogP contribution in [0.15, 0.2) is 0 Å². The summed E-state index contributed by atoms with van der Waals surface area (Å²) >= 11 is 0. The summed E-state index contributed by atoms with van der Waals surface area (Å²) in [4.78, 5) is 5.55. The molecule has 0 spiro atoms. The van der Waals surface area contributed by atoms with Gasteiger partial charge in [0.2, 0.25) is 0 Å². The van der Waals surface area contributed by atoms with Gasteiger partial charge in [-0.2, -0.15) is 0 Å². The fourth-order valence-corrected chi connectivity index (χ4v) is 4.20. The standard InChI is InChI=1S/C14H27N3/c1-3-12-7-15-8-14(12)17-10-13-5-4-6-16(13)9-11(17)2/h11-15H,3-10H2,1-2H3. The van der Waals surface area contributed by atoms with Crippen LogP contribution >= 0.6 is 0 Å². The summed E-state index contributed by atoms with van der Waals surface area (Å²) in [6.07, 6.45) is 4.18. The Morgan fingerprint density at radius 1 is 1.24 bits per heavy atom. The topological polar surface area (TPSA) is 18.5 Å². The molecule has 0 bridgehead atoms. The molecule has 3 heterocycles. The fourth-order valence-electron chi connectivity index (χ4n) is 4.20. The zero-order chi connectivity index (χ0) is 11.8. The van der Waals surface area contributed by atoms with Crippen LogP contribution in [0.3, 0.4) is 0 Å². The van der Waals surface area contributed by atoms with Gasteiger partial charge in [-0.15, -0.1) is 0 Å². The molecule has 98 valence electrons. The van der Waals surface area contributed by atoms with E-state index in [0.29, 0.717) is 0 Å². The van der Waals surface area contributed by atoms with Gasteiger partial charge in [-0.1, -0.05) is 13.3 Å². The zero-order valence-electron chi connectivity index (χ0n) is 11.4. The molecule has 0 aromatic heterocycles. The average molecular weight is 237 g/mol. The molecule has 3 fully saturated rings. The molecule has 0 saturated carbocycles. The van der Waals surface area contributed by atoms with Gasteiger partial charge in [-0.25, -0.2) is 0 Å². The summed E-state index contributed by atoms with van der Waals surface area (Å²) < 4.78 is 0. The molecule has 0 amide bonds. The monoisotopic (exact) mass is 237 g/mol. The van der Waals surface area contributed by atoms with Crippen molar-refractivity contribution in [1.82, 2.24) is 15.1 Å². The molecule has 0 aliphatic carbocycles. The van der Waals surface area contributed by atoms with Crippen molar-refractivity contribution in [2.75, 3.05) is 32.7 Å². The maximum absolute atomic E-state index is 3.60. The Morgan fingerprint density at radius 2 is 2.12 bits per heavy atom. The molecule has 1 N–H and O–H groups in total. The van der Waals surface area contributed by atoms with Gasteiger partial charge in [0, 0.05) is 37.8 Å². The SMILES string of the molecule is CCC1CNCC1N1CC2CCCN2CC1C. The summed E-state index contributed by atoms with van der Waals surface area (Å²) in [5, 5.41) is 3.60. The zero-order valence-corrected chi connectivity index (χ0v) is 11.4. The molecular formula is C14H27N3. The first kappa shape index (κ1) is 11.9. The van der Waals surface area contributed by atoms with Crippen LogP contribution in [-0.4, -0.2) is 60.6 Å². The molecule has 3 heteroatoms. The minimum Gasteiger partial charge on any atom is -0.315 e. The van der Waals surface area contributed by atoms with E-state index >= 15 is 0 Å². The molecule has 4 unspecified atom stereocenters. The second-order valence-electron chi connectivity index (χ2n) is 6.23. The Kier molecular flexibility index (Phi) is 3.42. The van der Waals surface area contributed by atoms with Gasteiger partial charge >= 0.3 is 0 Å². The lowest BCUT2D eigenvalue weighted by Crippen LogP contribution is -2.59. The van der Waals surface area contributed by atoms with E-state index in [1.807, 2.05) is 0 Å². The number of hydrogen-bond donors (Lipinski definition) is 1. The van der Waals surface area contributed by atoms with Gasteiger partial charge in [0.25, 0.3) is 0 Å². The molecule has 3 rings (SSSR count). The van der Waals surface area contributed by atoms with E-state index in [9.17, 15) is 0 Å². The van der Waals surface area contributed by atoms with E-state index in [0.717, 1.165) is 24.0 Å². The number of piperazine rings is 1. The minimum absolute atomic E-state index is 0.753. The fraction of sp³-hybridized carbons (Fsp3) is 1.00. The number of rotatable bonds is 2. The molecule has 4 atom stereocenters. The lowest BCUT2D eigenvalue weighted by molar-refractivity contribution is 0.0202. The Hall–Kier alpha value is -0.120. The molecule has 3 aliphatic rings. The Bertz CT molecular complexity index is 268. The van der Waals surface area contributed by atoms with Gasteiger partial charge in [0.05, 0.1) is 0 Å². The smallest absolute Gasteiger partial charge is 0.0264 e. The Morgan fingerprint density at radius 3 is 2.94 bits per heavy atom. The summed E-state index contributed by atoms with van der Waals surface area (Å²) in [6, 6.07) is 2.42. The summed E-state index contributed by atoms with van der Waals surface area (Å²) in [5.41, 5.74) is 0. The Balaban J connectivity index is 1.69. The van der Waals surface area contributed by atoms with Crippen LogP contribution in [0.25, 0.3) is 0 Å². The summed E-state index contributed by atoms with van der Waals surface area (Å²) in [5.74, 6) is 0.880. The third-order valence-corrected chi connectivity index (χ3v) is 5.24. The first-order valence-corrected chi connectivity index (χ1v) is 7.50. The van der Waals surface area contributed by atoms with Gasteiger partial charge in [0.15, 0.2) is 0 Å².